The average molecular weight is 303 g/mol. The molecule has 0 bridgehead atoms. The molecule has 3 rings (SSSR count). The van der Waals surface area contributed by atoms with E-state index in [2.05, 4.69) is 0 Å². The van der Waals surface area contributed by atoms with Gasteiger partial charge in [-0.3, -0.25) is 4.79 Å². The lowest BCUT2D eigenvalue weighted by Crippen LogP contribution is -2.37. The highest BCUT2D eigenvalue weighted by Crippen LogP contribution is 2.32. The number of hydrogen-bond acceptors (Lipinski definition) is 3. The first-order valence-electron chi connectivity index (χ1n) is 7.31. The molecule has 0 spiro atoms. The van der Waals surface area contributed by atoms with Crippen LogP contribution in [0.1, 0.15) is 38.9 Å². The van der Waals surface area contributed by atoms with Gasteiger partial charge in [0, 0.05) is 17.5 Å². The van der Waals surface area contributed by atoms with Crippen molar-refractivity contribution in [3.63, 3.8) is 0 Å². The molecule has 116 valence electrons. The van der Waals surface area contributed by atoms with E-state index in [9.17, 15) is 14.0 Å². The number of aryl methyl sites for hydroxylation is 1. The van der Waals surface area contributed by atoms with Gasteiger partial charge in [0.05, 0.1) is 5.52 Å². The topological polar surface area (TPSA) is 48.3 Å². The zero-order valence-electron chi connectivity index (χ0n) is 12.9. The van der Waals surface area contributed by atoms with E-state index in [0.717, 1.165) is 11.1 Å². The minimum Gasteiger partial charge on any atom is -0.458 e. The number of halogens is 1. The van der Waals surface area contributed by atoms with Gasteiger partial charge < -0.3 is 9.30 Å². The molecule has 2 aromatic rings. The molecular formula is C17H18FNO3. The van der Waals surface area contributed by atoms with Crippen molar-refractivity contribution in [2.24, 2.45) is 0 Å². The molecule has 1 aliphatic heterocycles. The Kier molecular flexibility index (Phi) is 3.31. The second-order valence-corrected chi connectivity index (χ2v) is 6.61. The molecule has 0 fully saturated rings. The molecule has 1 aromatic carbocycles. The first-order chi connectivity index (χ1) is 10.3. The lowest BCUT2D eigenvalue weighted by molar-refractivity contribution is -0.161. The minimum atomic E-state index is -1.03. The third-order valence-electron chi connectivity index (χ3n) is 3.70. The molecule has 1 aliphatic rings. The van der Waals surface area contributed by atoms with E-state index in [4.69, 9.17) is 4.74 Å². The Balaban J connectivity index is 2.13. The predicted octanol–water partition coefficient (Wildman–Crippen LogP) is 3.18. The number of ether oxygens (including phenoxy) is 1. The van der Waals surface area contributed by atoms with Crippen LogP contribution in [0, 0.1) is 5.82 Å². The molecule has 0 N–H and O–H groups in total. The normalized spacial score (nSPS) is 18.4. The van der Waals surface area contributed by atoms with Crippen LogP contribution in [-0.4, -0.2) is 21.9 Å². The van der Waals surface area contributed by atoms with Gasteiger partial charge in [-0.1, -0.05) is 0 Å². The monoisotopic (exact) mass is 303 g/mol. The predicted molar refractivity (Wildman–Crippen MR) is 80.1 cm³/mol. The van der Waals surface area contributed by atoms with Crippen LogP contribution in [0.2, 0.25) is 0 Å². The highest BCUT2D eigenvalue weighted by atomic mass is 19.1. The van der Waals surface area contributed by atoms with Crippen LogP contribution in [0.4, 0.5) is 4.39 Å². The Labute approximate surface area is 127 Å². The van der Waals surface area contributed by atoms with Crippen molar-refractivity contribution in [3.05, 3.63) is 35.8 Å². The Bertz CT molecular complexity index is 770. The van der Waals surface area contributed by atoms with E-state index in [-0.39, 0.29) is 5.78 Å². The van der Waals surface area contributed by atoms with Crippen LogP contribution in [0.25, 0.3) is 10.9 Å². The Morgan fingerprint density at radius 3 is 2.68 bits per heavy atom. The molecule has 0 saturated heterocycles. The number of aromatic nitrogens is 1. The van der Waals surface area contributed by atoms with Crippen molar-refractivity contribution in [1.82, 2.24) is 4.57 Å². The number of carbonyl (C=O) groups excluding carboxylic acids is 2. The van der Waals surface area contributed by atoms with Gasteiger partial charge in [0.2, 0.25) is 0 Å². The van der Waals surface area contributed by atoms with Crippen molar-refractivity contribution in [3.8, 4) is 0 Å². The first kappa shape index (κ1) is 14.8. The van der Waals surface area contributed by atoms with E-state index in [1.54, 1.807) is 31.4 Å². The number of rotatable bonds is 1. The standard InChI is InChI=1S/C17H18FNO3/c1-17(2,3)22-16(21)15-14(20)7-6-12-8-10-4-5-11(18)9-13(10)19(12)15/h4-5,8-9,15H,6-7H2,1-3H3. The van der Waals surface area contributed by atoms with Crippen LogP contribution in [0.5, 0.6) is 0 Å². The van der Waals surface area contributed by atoms with Crippen molar-refractivity contribution in [2.45, 2.75) is 45.3 Å². The SMILES string of the molecule is CC(C)(C)OC(=O)C1C(=O)CCc2cc3ccc(F)cc3n21. The molecule has 2 heterocycles. The van der Waals surface area contributed by atoms with Crippen LogP contribution in [-0.2, 0) is 20.7 Å². The largest absolute Gasteiger partial charge is 0.458 e. The summed E-state index contributed by atoms with van der Waals surface area (Å²) in [6.45, 7) is 5.27. The molecule has 1 atom stereocenters. The maximum Gasteiger partial charge on any atom is 0.337 e. The summed E-state index contributed by atoms with van der Waals surface area (Å²) in [5.74, 6) is -1.17. The molecular weight excluding hydrogens is 285 g/mol. The molecule has 1 unspecified atom stereocenters. The van der Waals surface area contributed by atoms with Gasteiger partial charge >= 0.3 is 5.97 Å². The van der Waals surface area contributed by atoms with Gasteiger partial charge in [-0.05, 0) is 51.5 Å². The summed E-state index contributed by atoms with van der Waals surface area (Å²) in [5, 5.41) is 0.819. The fourth-order valence-corrected chi connectivity index (χ4v) is 2.88. The van der Waals surface area contributed by atoms with Gasteiger partial charge in [-0.15, -0.1) is 0 Å². The van der Waals surface area contributed by atoms with Gasteiger partial charge in [-0.2, -0.15) is 0 Å². The number of carbonyl (C=O) groups is 2. The number of Topliss-reactive ketones (excluding diaryl/α,β-unsaturated/α-hetero) is 1. The third kappa shape index (κ3) is 2.51. The third-order valence-corrected chi connectivity index (χ3v) is 3.70. The summed E-state index contributed by atoms with van der Waals surface area (Å²) in [6.07, 6.45) is 0.844. The molecule has 4 nitrogen and oxygen atoms in total. The summed E-state index contributed by atoms with van der Waals surface area (Å²) >= 11 is 0. The lowest BCUT2D eigenvalue weighted by Gasteiger charge is -2.28. The molecule has 22 heavy (non-hydrogen) atoms. The molecule has 0 aliphatic carbocycles. The number of nitrogens with zero attached hydrogens (tertiary/aromatic N) is 1. The van der Waals surface area contributed by atoms with Crippen LogP contribution >= 0.6 is 0 Å². The van der Waals surface area contributed by atoms with Gasteiger partial charge in [0.1, 0.15) is 11.4 Å². The number of fused-ring (bicyclic) bond motifs is 3. The second-order valence-electron chi connectivity index (χ2n) is 6.61. The van der Waals surface area contributed by atoms with Gasteiger partial charge in [0.15, 0.2) is 11.8 Å². The maximum atomic E-state index is 13.6. The van der Waals surface area contributed by atoms with Crippen molar-refractivity contribution < 1.29 is 18.7 Å². The molecule has 1 aromatic heterocycles. The average Bonchev–Trinajstić information content (AvgIpc) is 2.74. The zero-order valence-corrected chi connectivity index (χ0v) is 12.9. The minimum absolute atomic E-state index is 0.191. The van der Waals surface area contributed by atoms with Gasteiger partial charge in [-0.25, -0.2) is 9.18 Å². The number of esters is 1. The number of ketones is 1. The van der Waals surface area contributed by atoms with Crippen LogP contribution in [0.3, 0.4) is 0 Å². The van der Waals surface area contributed by atoms with Crippen molar-refractivity contribution in [1.29, 1.82) is 0 Å². The first-order valence-corrected chi connectivity index (χ1v) is 7.31. The van der Waals surface area contributed by atoms with Crippen molar-refractivity contribution >= 4 is 22.7 Å². The van der Waals surface area contributed by atoms with E-state index in [0.29, 0.717) is 18.4 Å². The summed E-state index contributed by atoms with van der Waals surface area (Å²) in [5.41, 5.74) is 0.735. The smallest absolute Gasteiger partial charge is 0.337 e. The summed E-state index contributed by atoms with van der Waals surface area (Å²) in [7, 11) is 0. The highest BCUT2D eigenvalue weighted by molar-refractivity contribution is 6.04. The second kappa shape index (κ2) is 4.93. The Hall–Kier alpha value is -2.17. The summed E-state index contributed by atoms with van der Waals surface area (Å²) < 4.78 is 20.6. The quantitative estimate of drug-likeness (QED) is 0.600. The highest BCUT2D eigenvalue weighted by Gasteiger charge is 2.37. The molecule has 0 radical (unpaired) electrons. The zero-order chi connectivity index (χ0) is 16.1. The number of benzene rings is 1. The van der Waals surface area contributed by atoms with Gasteiger partial charge in [0.25, 0.3) is 0 Å². The summed E-state index contributed by atoms with van der Waals surface area (Å²) in [6, 6.07) is 5.26. The molecule has 0 saturated carbocycles. The van der Waals surface area contributed by atoms with E-state index >= 15 is 0 Å². The van der Waals surface area contributed by atoms with Crippen LogP contribution < -0.4 is 0 Å². The van der Waals surface area contributed by atoms with Crippen LogP contribution in [0.15, 0.2) is 24.3 Å². The number of hydrogen-bond donors (Lipinski definition) is 0. The molecule has 5 heteroatoms. The Morgan fingerprint density at radius 1 is 1.27 bits per heavy atom. The summed E-state index contributed by atoms with van der Waals surface area (Å²) in [4.78, 5) is 24.8. The van der Waals surface area contributed by atoms with E-state index in [1.165, 1.54) is 12.1 Å². The fraction of sp³-hybridized carbons (Fsp3) is 0.412. The fourth-order valence-electron chi connectivity index (χ4n) is 2.88. The Morgan fingerprint density at radius 2 is 2.00 bits per heavy atom. The maximum absolute atomic E-state index is 13.6. The van der Waals surface area contributed by atoms with E-state index in [1.807, 2.05) is 6.07 Å². The van der Waals surface area contributed by atoms with E-state index < -0.39 is 23.4 Å². The van der Waals surface area contributed by atoms with Crippen molar-refractivity contribution in [2.75, 3.05) is 0 Å². The lowest BCUT2D eigenvalue weighted by atomic mass is 10.0. The molecule has 0 amide bonds.